The van der Waals surface area contributed by atoms with Gasteiger partial charge in [-0.05, 0) is 0 Å². The van der Waals surface area contributed by atoms with Crippen LogP contribution in [0.2, 0.25) is 4.78 Å². The van der Waals surface area contributed by atoms with Crippen molar-refractivity contribution in [1.82, 2.24) is 0 Å². The molecular formula is C3H7Al+. The van der Waals surface area contributed by atoms with Gasteiger partial charge in [0.25, 0.3) is 0 Å². The Hall–Kier alpha value is 0.532. The summed E-state index contributed by atoms with van der Waals surface area (Å²) in [4.78, 5) is 0. The van der Waals surface area contributed by atoms with Crippen molar-refractivity contribution in [3.63, 3.8) is 0 Å². The van der Waals surface area contributed by atoms with Crippen molar-refractivity contribution in [3.05, 3.63) is 0 Å². The summed E-state index contributed by atoms with van der Waals surface area (Å²) in [5.41, 5.74) is 0. The normalized spacial score (nSPS) is 8.50. The summed E-state index contributed by atoms with van der Waals surface area (Å²) < 4.78 is 0.750. The minimum atomic E-state index is 0.750. The molecule has 0 N–H and O–H groups in total. The van der Waals surface area contributed by atoms with Crippen molar-refractivity contribution in [3.8, 4) is 0 Å². The molecule has 0 unspecified atom stereocenters. The molecule has 0 aliphatic rings. The zero-order chi connectivity index (χ0) is 3.58. The van der Waals surface area contributed by atoms with Gasteiger partial charge in [-0.15, -0.1) is 0 Å². The number of hydrogen-bond acceptors (Lipinski definition) is 0. The molecule has 0 atom stereocenters. The maximum absolute atomic E-state index is 2.66. The van der Waals surface area contributed by atoms with E-state index in [0.29, 0.717) is 0 Å². The van der Waals surface area contributed by atoms with Crippen LogP contribution in [-0.2, 0) is 0 Å². The van der Waals surface area contributed by atoms with E-state index >= 15 is 0 Å². The molecule has 0 heterocycles. The molecule has 0 amide bonds. The first-order valence-corrected chi connectivity index (χ1v) is 2.15. The van der Waals surface area contributed by atoms with Crippen molar-refractivity contribution < 1.29 is 0 Å². The summed E-state index contributed by atoms with van der Waals surface area (Å²) in [6.07, 6.45) is 0. The zero-order valence-electron chi connectivity index (χ0n) is 3.15. The molecule has 0 aliphatic heterocycles. The van der Waals surface area contributed by atoms with Crippen LogP contribution in [0, 0.1) is 0 Å². The average molecular weight is 70.1 g/mol. The summed E-state index contributed by atoms with van der Waals surface area (Å²) in [6, 6.07) is 0. The molecule has 1 heteroatoms. The molecular weight excluding hydrogens is 63.0 g/mol. The van der Waals surface area contributed by atoms with Crippen molar-refractivity contribution >= 4 is 16.3 Å². The molecule has 0 aromatic rings. The van der Waals surface area contributed by atoms with E-state index in [1.165, 1.54) is 0 Å². The van der Waals surface area contributed by atoms with E-state index in [1.807, 2.05) is 0 Å². The van der Waals surface area contributed by atoms with E-state index in [4.69, 9.17) is 0 Å². The molecule has 0 fully saturated rings. The average Bonchev–Trinajstić information content (AvgIpc) is 0.811. The van der Waals surface area contributed by atoms with Gasteiger partial charge in [-0.3, -0.25) is 0 Å². The fourth-order valence-corrected chi connectivity index (χ4v) is 0. The Balaban J connectivity index is 2.32. The van der Waals surface area contributed by atoms with Gasteiger partial charge in [0.15, 0.2) is 0 Å². The van der Waals surface area contributed by atoms with Crippen LogP contribution in [-0.4, -0.2) is 16.3 Å². The second kappa shape index (κ2) is 1.82. The van der Waals surface area contributed by atoms with Crippen LogP contribution in [0.5, 0.6) is 0 Å². The topological polar surface area (TPSA) is 0 Å². The Morgan fingerprint density at radius 2 is 1.50 bits per heavy atom. The molecule has 0 saturated heterocycles. The second-order valence-corrected chi connectivity index (χ2v) is 2.58. The molecule has 0 nitrogen and oxygen atoms in total. The molecule has 1 radical (unpaired) electrons. The van der Waals surface area contributed by atoms with E-state index in [2.05, 4.69) is 30.1 Å². The minimum absolute atomic E-state index is 0.750. The predicted molar refractivity (Wildman–Crippen MR) is 20.9 cm³/mol. The van der Waals surface area contributed by atoms with Gasteiger partial charge in [-0.25, -0.2) is 0 Å². The Morgan fingerprint density at radius 3 is 1.50 bits per heavy atom. The Kier molecular flexibility index (Phi) is 2.06. The van der Waals surface area contributed by atoms with Crippen LogP contribution in [0.1, 0.15) is 13.8 Å². The van der Waals surface area contributed by atoms with E-state index in [1.54, 1.807) is 0 Å². The second-order valence-electron chi connectivity index (χ2n) is 1.24. The van der Waals surface area contributed by atoms with Gasteiger partial charge in [0.05, 0.1) is 0 Å². The van der Waals surface area contributed by atoms with Crippen LogP contribution in [0.3, 0.4) is 0 Å². The Bertz CT molecular complexity index is 8.00. The summed E-state index contributed by atoms with van der Waals surface area (Å²) >= 11 is 2.66. The molecule has 0 rings (SSSR count). The fourth-order valence-electron chi connectivity index (χ4n) is 0. The first kappa shape index (κ1) is 4.53. The van der Waals surface area contributed by atoms with Crippen molar-refractivity contribution in [2.24, 2.45) is 0 Å². The van der Waals surface area contributed by atoms with Crippen molar-refractivity contribution in [2.75, 3.05) is 0 Å². The molecule has 0 aliphatic carbocycles. The monoisotopic (exact) mass is 70.0 g/mol. The first-order chi connectivity index (χ1) is 1.73. The summed E-state index contributed by atoms with van der Waals surface area (Å²) in [5, 5.41) is 0. The standard InChI is InChI=1S/C3H7.Al/c1-3-2;/h3H,1-2H3;/q;+1. The third-order valence-corrected chi connectivity index (χ3v) is 0. The predicted octanol–water partition coefficient (Wildman–Crippen LogP) is 0.983. The molecule has 0 aromatic heterocycles. The third kappa shape index (κ3) is 21.0. The van der Waals surface area contributed by atoms with Crippen molar-refractivity contribution in [2.45, 2.75) is 18.6 Å². The molecule has 4 heavy (non-hydrogen) atoms. The summed E-state index contributed by atoms with van der Waals surface area (Å²) in [7, 11) is 0. The zero-order valence-corrected chi connectivity index (χ0v) is 4.31. The maximum atomic E-state index is 2.66. The van der Waals surface area contributed by atoms with Gasteiger partial charge in [-0.2, -0.15) is 0 Å². The molecule has 0 spiro atoms. The number of rotatable bonds is 0. The van der Waals surface area contributed by atoms with Gasteiger partial charge < -0.3 is 0 Å². The van der Waals surface area contributed by atoms with Crippen molar-refractivity contribution in [1.29, 1.82) is 0 Å². The van der Waals surface area contributed by atoms with Crippen LogP contribution >= 0.6 is 0 Å². The van der Waals surface area contributed by atoms with Gasteiger partial charge in [0.2, 0.25) is 0 Å². The summed E-state index contributed by atoms with van der Waals surface area (Å²) in [5.74, 6) is 0. The Morgan fingerprint density at radius 1 is 1.50 bits per heavy atom. The molecule has 0 saturated carbocycles. The van der Waals surface area contributed by atoms with Gasteiger partial charge in [0, 0.05) is 0 Å². The Labute approximate surface area is 35.6 Å². The third-order valence-electron chi connectivity index (χ3n) is 0. The van der Waals surface area contributed by atoms with Crippen LogP contribution in [0.25, 0.3) is 0 Å². The SMILES string of the molecule is C[CH](C)[Al+]. The van der Waals surface area contributed by atoms with Gasteiger partial charge in [0.1, 0.15) is 0 Å². The van der Waals surface area contributed by atoms with Gasteiger partial charge in [-0.1, -0.05) is 0 Å². The van der Waals surface area contributed by atoms with E-state index in [-0.39, 0.29) is 0 Å². The van der Waals surface area contributed by atoms with Crippen LogP contribution < -0.4 is 0 Å². The van der Waals surface area contributed by atoms with E-state index in [9.17, 15) is 0 Å². The summed E-state index contributed by atoms with van der Waals surface area (Å²) in [6.45, 7) is 4.26. The molecule has 0 bridgehead atoms. The van der Waals surface area contributed by atoms with Crippen LogP contribution in [0.4, 0.5) is 0 Å². The van der Waals surface area contributed by atoms with Crippen LogP contribution in [0.15, 0.2) is 0 Å². The molecule has 21 valence electrons. The van der Waals surface area contributed by atoms with E-state index in [0.717, 1.165) is 4.78 Å². The van der Waals surface area contributed by atoms with E-state index < -0.39 is 0 Å². The van der Waals surface area contributed by atoms with Gasteiger partial charge >= 0.3 is 34.9 Å². The number of hydrogen-bond donors (Lipinski definition) is 0. The fraction of sp³-hybridized carbons (Fsp3) is 1.00. The first-order valence-electron chi connectivity index (χ1n) is 1.49. The quantitative estimate of drug-likeness (QED) is 0.373. The molecule has 0 aromatic carbocycles.